The number of carbonyl (C=O) groups excluding carboxylic acids is 2. The third kappa shape index (κ3) is 3.67. The van der Waals surface area contributed by atoms with Crippen LogP contribution in [-0.4, -0.2) is 28.5 Å². The van der Waals surface area contributed by atoms with E-state index in [0.717, 1.165) is 30.0 Å². The van der Waals surface area contributed by atoms with Crippen molar-refractivity contribution in [3.8, 4) is 11.3 Å². The number of hydrogen-bond donors (Lipinski definition) is 1. The zero-order valence-electron chi connectivity index (χ0n) is 15.6. The molecule has 1 aromatic heterocycles. The van der Waals surface area contributed by atoms with Crippen LogP contribution >= 0.6 is 0 Å². The van der Waals surface area contributed by atoms with E-state index in [-0.39, 0.29) is 5.91 Å². The molecule has 2 aromatic carbocycles. The lowest BCUT2D eigenvalue weighted by Crippen LogP contribution is -2.13. The van der Waals surface area contributed by atoms with Gasteiger partial charge >= 0.3 is 5.97 Å². The van der Waals surface area contributed by atoms with Crippen molar-refractivity contribution < 1.29 is 14.3 Å². The molecule has 0 spiro atoms. The summed E-state index contributed by atoms with van der Waals surface area (Å²) < 4.78 is 6.92. The summed E-state index contributed by atoms with van der Waals surface area (Å²) in [6.45, 7) is 1.03. The second kappa shape index (κ2) is 7.68. The lowest BCUT2D eigenvalue weighted by molar-refractivity contribution is 0.0600. The predicted octanol–water partition coefficient (Wildman–Crippen LogP) is 3.93. The van der Waals surface area contributed by atoms with E-state index in [1.807, 2.05) is 24.3 Å². The minimum Gasteiger partial charge on any atom is -0.465 e. The van der Waals surface area contributed by atoms with Crippen LogP contribution in [0.15, 0.2) is 54.7 Å². The van der Waals surface area contributed by atoms with Crippen molar-refractivity contribution in [2.75, 3.05) is 12.4 Å². The Bertz CT molecular complexity index is 998. The van der Waals surface area contributed by atoms with E-state index in [0.29, 0.717) is 16.8 Å². The molecule has 0 saturated carbocycles. The van der Waals surface area contributed by atoms with Crippen molar-refractivity contribution in [1.82, 2.24) is 9.55 Å². The third-order valence-electron chi connectivity index (χ3n) is 4.89. The van der Waals surface area contributed by atoms with Gasteiger partial charge in [0.1, 0.15) is 5.82 Å². The number of hydrogen-bond acceptors (Lipinski definition) is 4. The number of rotatable bonds is 4. The maximum absolute atomic E-state index is 12.5. The highest BCUT2D eigenvalue weighted by atomic mass is 16.5. The van der Waals surface area contributed by atoms with E-state index in [9.17, 15) is 9.59 Å². The Kier molecular flexibility index (Phi) is 4.93. The average molecular weight is 375 g/mol. The number of amides is 1. The van der Waals surface area contributed by atoms with E-state index in [1.165, 1.54) is 26.0 Å². The summed E-state index contributed by atoms with van der Waals surface area (Å²) in [4.78, 5) is 28.8. The first-order valence-electron chi connectivity index (χ1n) is 9.30. The monoisotopic (exact) mass is 375 g/mol. The van der Waals surface area contributed by atoms with E-state index >= 15 is 0 Å². The topological polar surface area (TPSA) is 73.2 Å². The molecule has 1 N–H and O–H groups in total. The van der Waals surface area contributed by atoms with Gasteiger partial charge < -0.3 is 14.6 Å². The molecule has 6 heteroatoms. The first-order chi connectivity index (χ1) is 13.6. The zero-order chi connectivity index (χ0) is 19.5. The number of imidazole rings is 1. The maximum Gasteiger partial charge on any atom is 0.337 e. The minimum absolute atomic E-state index is 0.282. The molecule has 0 bridgehead atoms. The van der Waals surface area contributed by atoms with E-state index in [2.05, 4.69) is 16.1 Å². The number of methoxy groups -OCH3 is 1. The molecule has 1 aliphatic heterocycles. The van der Waals surface area contributed by atoms with Crippen LogP contribution in [0.4, 0.5) is 5.69 Å². The number of ether oxygens (including phenoxy) is 1. The summed E-state index contributed by atoms with van der Waals surface area (Å²) >= 11 is 0. The van der Waals surface area contributed by atoms with Gasteiger partial charge in [0.15, 0.2) is 0 Å². The van der Waals surface area contributed by atoms with Crippen LogP contribution in [0.3, 0.4) is 0 Å². The van der Waals surface area contributed by atoms with Crippen molar-refractivity contribution >= 4 is 17.6 Å². The second-order valence-corrected chi connectivity index (χ2v) is 6.80. The summed E-state index contributed by atoms with van der Waals surface area (Å²) in [5.41, 5.74) is 3.40. The third-order valence-corrected chi connectivity index (χ3v) is 4.89. The van der Waals surface area contributed by atoms with Crippen LogP contribution in [0.25, 0.3) is 11.3 Å². The molecule has 6 nitrogen and oxygen atoms in total. The Hall–Kier alpha value is -3.41. The highest BCUT2D eigenvalue weighted by Gasteiger charge is 2.14. The number of esters is 1. The molecule has 1 amide bonds. The lowest BCUT2D eigenvalue weighted by atomic mass is 10.1. The molecule has 0 fully saturated rings. The Balaban J connectivity index is 1.48. The molecule has 3 aromatic rings. The fourth-order valence-corrected chi connectivity index (χ4v) is 3.38. The van der Waals surface area contributed by atoms with Gasteiger partial charge in [-0.25, -0.2) is 9.78 Å². The molecule has 2 heterocycles. The van der Waals surface area contributed by atoms with Gasteiger partial charge in [-0.2, -0.15) is 0 Å². The summed E-state index contributed by atoms with van der Waals surface area (Å²) in [7, 11) is 1.31. The molecule has 0 unspecified atom stereocenters. The van der Waals surface area contributed by atoms with Gasteiger partial charge in [-0.3, -0.25) is 4.79 Å². The highest BCUT2D eigenvalue weighted by Crippen LogP contribution is 2.24. The van der Waals surface area contributed by atoms with Gasteiger partial charge in [0.05, 0.1) is 18.4 Å². The number of anilines is 1. The van der Waals surface area contributed by atoms with E-state index in [4.69, 9.17) is 9.72 Å². The molecule has 4 rings (SSSR count). The fourth-order valence-electron chi connectivity index (χ4n) is 3.38. The fraction of sp³-hybridized carbons (Fsp3) is 0.227. The van der Waals surface area contributed by atoms with Gasteiger partial charge in [0.25, 0.3) is 5.91 Å². The summed E-state index contributed by atoms with van der Waals surface area (Å²) in [6, 6.07) is 14.1. The lowest BCUT2D eigenvalue weighted by Gasteiger charge is -2.11. The van der Waals surface area contributed by atoms with Gasteiger partial charge in [-0.15, -0.1) is 0 Å². The number of carbonyl (C=O) groups is 2. The van der Waals surface area contributed by atoms with Crippen LogP contribution in [-0.2, 0) is 17.7 Å². The summed E-state index contributed by atoms with van der Waals surface area (Å²) in [5, 5.41) is 2.85. The first-order valence-corrected chi connectivity index (χ1v) is 9.30. The number of nitrogens with one attached hydrogen (secondary N) is 1. The molecule has 0 saturated heterocycles. The smallest absolute Gasteiger partial charge is 0.337 e. The van der Waals surface area contributed by atoms with Crippen LogP contribution in [0, 0.1) is 0 Å². The largest absolute Gasteiger partial charge is 0.465 e. The minimum atomic E-state index is -0.471. The molecular formula is C22H21N3O3. The van der Waals surface area contributed by atoms with Gasteiger partial charge in [0.2, 0.25) is 0 Å². The van der Waals surface area contributed by atoms with Crippen molar-refractivity contribution in [2.45, 2.75) is 25.8 Å². The Morgan fingerprint density at radius 1 is 1.07 bits per heavy atom. The van der Waals surface area contributed by atoms with E-state index in [1.54, 1.807) is 18.2 Å². The SMILES string of the molecule is COC(=O)c1cccc(C(=O)Nc2ccc(-c3cn4c(n3)CCCC4)cc2)c1. The molecule has 28 heavy (non-hydrogen) atoms. The molecule has 1 aliphatic rings. The first kappa shape index (κ1) is 18.0. The van der Waals surface area contributed by atoms with Gasteiger partial charge in [-0.1, -0.05) is 18.2 Å². The normalized spacial score (nSPS) is 12.9. The molecule has 142 valence electrons. The van der Waals surface area contributed by atoms with Crippen LogP contribution in [0.2, 0.25) is 0 Å². The van der Waals surface area contributed by atoms with Gasteiger partial charge in [-0.05, 0) is 43.2 Å². The van der Waals surface area contributed by atoms with Gasteiger partial charge in [0, 0.05) is 36.0 Å². The number of benzene rings is 2. The van der Waals surface area contributed by atoms with Crippen molar-refractivity contribution in [2.24, 2.45) is 0 Å². The van der Waals surface area contributed by atoms with Crippen LogP contribution < -0.4 is 5.32 Å². The zero-order valence-corrected chi connectivity index (χ0v) is 15.6. The molecule has 0 radical (unpaired) electrons. The maximum atomic E-state index is 12.5. The van der Waals surface area contributed by atoms with Crippen LogP contribution in [0.5, 0.6) is 0 Å². The van der Waals surface area contributed by atoms with Crippen molar-refractivity contribution in [3.05, 3.63) is 71.7 Å². The Labute approximate surface area is 163 Å². The highest BCUT2D eigenvalue weighted by molar-refractivity contribution is 6.05. The summed E-state index contributed by atoms with van der Waals surface area (Å²) in [6.07, 6.45) is 5.52. The van der Waals surface area contributed by atoms with Crippen molar-refractivity contribution in [1.29, 1.82) is 0 Å². The number of aryl methyl sites for hydroxylation is 2. The quantitative estimate of drug-likeness (QED) is 0.702. The van der Waals surface area contributed by atoms with E-state index < -0.39 is 5.97 Å². The Morgan fingerprint density at radius 2 is 1.86 bits per heavy atom. The summed E-state index contributed by atoms with van der Waals surface area (Å²) in [5.74, 6) is 0.391. The predicted molar refractivity (Wildman–Crippen MR) is 106 cm³/mol. The standard InChI is InChI=1S/C22H21N3O3/c1-28-22(27)17-6-4-5-16(13-17)21(26)23-18-10-8-15(9-11-18)19-14-25-12-3-2-7-20(25)24-19/h4-6,8-11,13-14H,2-3,7,12H2,1H3,(H,23,26). The van der Waals surface area contributed by atoms with Crippen LogP contribution in [0.1, 0.15) is 39.4 Å². The number of nitrogens with zero attached hydrogens (tertiary/aromatic N) is 2. The van der Waals surface area contributed by atoms with Crippen molar-refractivity contribution in [3.63, 3.8) is 0 Å². The Morgan fingerprint density at radius 3 is 2.61 bits per heavy atom. The number of fused-ring (bicyclic) bond motifs is 1. The second-order valence-electron chi connectivity index (χ2n) is 6.80. The molecule has 0 aliphatic carbocycles. The number of aromatic nitrogens is 2. The molecular weight excluding hydrogens is 354 g/mol. The molecule has 0 atom stereocenters. The average Bonchev–Trinajstić information content (AvgIpc) is 3.18.